The van der Waals surface area contributed by atoms with Crippen LogP contribution in [0.1, 0.15) is 40.0 Å². The van der Waals surface area contributed by atoms with Crippen molar-refractivity contribution in [3.05, 3.63) is 0 Å². The molecular weight excluding hydrogens is 202 g/mol. The Hall–Kier alpha value is -0.770. The van der Waals surface area contributed by atoms with Gasteiger partial charge in [-0.2, -0.15) is 0 Å². The van der Waals surface area contributed by atoms with E-state index in [2.05, 4.69) is 10.6 Å². The van der Waals surface area contributed by atoms with Crippen LogP contribution in [-0.4, -0.2) is 42.6 Å². The minimum absolute atomic E-state index is 0.0411. The molecule has 0 aromatic carbocycles. The van der Waals surface area contributed by atoms with Gasteiger partial charge in [0.25, 0.3) is 0 Å². The van der Waals surface area contributed by atoms with Crippen LogP contribution >= 0.6 is 0 Å². The minimum Gasteiger partial charge on any atom is -0.333 e. The molecule has 0 bridgehead atoms. The zero-order valence-electron chi connectivity index (χ0n) is 11.0. The summed E-state index contributed by atoms with van der Waals surface area (Å²) < 4.78 is 0. The van der Waals surface area contributed by atoms with Crippen molar-refractivity contribution in [3.8, 4) is 0 Å². The lowest BCUT2D eigenvalue weighted by Crippen LogP contribution is -2.50. The molecule has 0 aromatic rings. The number of urea groups is 1. The van der Waals surface area contributed by atoms with Crippen LogP contribution < -0.4 is 10.6 Å². The van der Waals surface area contributed by atoms with Gasteiger partial charge in [-0.1, -0.05) is 0 Å². The van der Waals surface area contributed by atoms with E-state index < -0.39 is 0 Å². The van der Waals surface area contributed by atoms with Crippen LogP contribution in [0.4, 0.5) is 4.79 Å². The van der Waals surface area contributed by atoms with Gasteiger partial charge in [0.05, 0.1) is 0 Å². The molecule has 0 aliphatic carbocycles. The van der Waals surface area contributed by atoms with E-state index in [0.29, 0.717) is 6.04 Å². The van der Waals surface area contributed by atoms with Crippen molar-refractivity contribution in [2.24, 2.45) is 0 Å². The quantitative estimate of drug-likeness (QED) is 0.714. The molecule has 16 heavy (non-hydrogen) atoms. The molecule has 1 aliphatic rings. The Morgan fingerprint density at radius 1 is 1.31 bits per heavy atom. The van der Waals surface area contributed by atoms with Crippen LogP contribution in [0.15, 0.2) is 0 Å². The topological polar surface area (TPSA) is 44.4 Å². The average Bonchev–Trinajstić information content (AvgIpc) is 2.41. The highest BCUT2D eigenvalue weighted by molar-refractivity contribution is 5.75. The molecule has 2 N–H and O–H groups in total. The summed E-state index contributed by atoms with van der Waals surface area (Å²) in [7, 11) is 1.90. The van der Waals surface area contributed by atoms with E-state index in [0.717, 1.165) is 32.4 Å². The van der Waals surface area contributed by atoms with Crippen LogP contribution in [0.25, 0.3) is 0 Å². The van der Waals surface area contributed by atoms with Crippen molar-refractivity contribution in [2.75, 3.05) is 20.1 Å². The van der Waals surface area contributed by atoms with Crippen molar-refractivity contribution in [1.29, 1.82) is 0 Å². The second-order valence-corrected chi connectivity index (χ2v) is 5.63. The first kappa shape index (κ1) is 13.3. The van der Waals surface area contributed by atoms with Crippen LogP contribution in [0.5, 0.6) is 0 Å². The molecule has 4 heteroatoms. The number of rotatable bonds is 1. The standard InChI is InChI=1S/C12H25N3O/c1-12(2,3)14-11(16)15(4)10-6-5-8-13-9-7-10/h10,13H,5-9H2,1-4H3,(H,14,16). The molecule has 94 valence electrons. The van der Waals surface area contributed by atoms with Crippen molar-refractivity contribution >= 4 is 6.03 Å². The van der Waals surface area contributed by atoms with Gasteiger partial charge in [0.2, 0.25) is 0 Å². The molecule has 2 amide bonds. The Morgan fingerprint density at radius 2 is 2.00 bits per heavy atom. The molecule has 0 radical (unpaired) electrons. The Labute approximate surface area is 98.8 Å². The molecule has 0 spiro atoms. The number of amides is 2. The van der Waals surface area contributed by atoms with Gasteiger partial charge in [0, 0.05) is 18.6 Å². The van der Waals surface area contributed by atoms with E-state index in [1.165, 1.54) is 0 Å². The summed E-state index contributed by atoms with van der Waals surface area (Å²) in [5.41, 5.74) is -0.158. The van der Waals surface area contributed by atoms with Crippen molar-refractivity contribution < 1.29 is 4.79 Å². The van der Waals surface area contributed by atoms with E-state index in [1.807, 2.05) is 32.7 Å². The number of hydrogen-bond acceptors (Lipinski definition) is 2. The van der Waals surface area contributed by atoms with Gasteiger partial charge in [-0.3, -0.25) is 0 Å². The summed E-state index contributed by atoms with van der Waals surface area (Å²) in [5, 5.41) is 6.36. The van der Waals surface area contributed by atoms with Gasteiger partial charge in [-0.15, -0.1) is 0 Å². The fourth-order valence-electron chi connectivity index (χ4n) is 1.96. The molecule has 1 rings (SSSR count). The van der Waals surface area contributed by atoms with Crippen LogP contribution in [0, 0.1) is 0 Å². The molecule has 0 saturated carbocycles. The molecule has 1 heterocycles. The monoisotopic (exact) mass is 227 g/mol. The van der Waals surface area contributed by atoms with Crippen LogP contribution in [-0.2, 0) is 0 Å². The zero-order valence-corrected chi connectivity index (χ0v) is 11.0. The van der Waals surface area contributed by atoms with Crippen LogP contribution in [0.2, 0.25) is 0 Å². The van der Waals surface area contributed by atoms with Gasteiger partial charge in [-0.25, -0.2) is 4.79 Å². The van der Waals surface area contributed by atoms with E-state index in [9.17, 15) is 4.79 Å². The van der Waals surface area contributed by atoms with Gasteiger partial charge >= 0.3 is 6.03 Å². The number of nitrogens with zero attached hydrogens (tertiary/aromatic N) is 1. The first-order chi connectivity index (χ1) is 7.40. The molecule has 1 unspecified atom stereocenters. The maximum atomic E-state index is 12.0. The third-order valence-corrected chi connectivity index (χ3v) is 2.90. The molecule has 4 nitrogen and oxygen atoms in total. The Morgan fingerprint density at radius 3 is 2.62 bits per heavy atom. The predicted molar refractivity (Wildman–Crippen MR) is 66.6 cm³/mol. The van der Waals surface area contributed by atoms with Crippen molar-refractivity contribution in [2.45, 2.75) is 51.6 Å². The highest BCUT2D eigenvalue weighted by Crippen LogP contribution is 2.12. The molecule has 1 aliphatic heterocycles. The Bertz CT molecular complexity index is 227. The summed E-state index contributed by atoms with van der Waals surface area (Å²) in [6.45, 7) is 8.11. The third kappa shape index (κ3) is 4.39. The summed E-state index contributed by atoms with van der Waals surface area (Å²) in [4.78, 5) is 13.8. The van der Waals surface area contributed by atoms with Gasteiger partial charge in [0.15, 0.2) is 0 Å². The maximum Gasteiger partial charge on any atom is 0.317 e. The van der Waals surface area contributed by atoms with Gasteiger partial charge in [-0.05, 0) is 53.1 Å². The summed E-state index contributed by atoms with van der Waals surface area (Å²) in [5.74, 6) is 0. The SMILES string of the molecule is CN(C(=O)NC(C)(C)C)C1CCCNCC1. The number of carbonyl (C=O) groups is 1. The molecule has 0 aromatic heterocycles. The minimum atomic E-state index is -0.158. The van der Waals surface area contributed by atoms with Crippen LogP contribution in [0.3, 0.4) is 0 Å². The Kier molecular flexibility index (Phi) is 4.59. The first-order valence-corrected chi connectivity index (χ1v) is 6.16. The number of carbonyl (C=O) groups excluding carboxylic acids is 1. The number of nitrogens with one attached hydrogen (secondary N) is 2. The predicted octanol–water partition coefficient (Wildman–Crippen LogP) is 1.57. The zero-order chi connectivity index (χ0) is 12.2. The highest BCUT2D eigenvalue weighted by atomic mass is 16.2. The van der Waals surface area contributed by atoms with Gasteiger partial charge < -0.3 is 15.5 Å². The normalized spacial score (nSPS) is 22.4. The molecule has 1 atom stereocenters. The molecule has 1 fully saturated rings. The van der Waals surface area contributed by atoms with E-state index in [-0.39, 0.29) is 11.6 Å². The lowest BCUT2D eigenvalue weighted by molar-refractivity contribution is 0.176. The first-order valence-electron chi connectivity index (χ1n) is 6.16. The van der Waals surface area contributed by atoms with E-state index in [1.54, 1.807) is 0 Å². The van der Waals surface area contributed by atoms with Crippen molar-refractivity contribution in [1.82, 2.24) is 15.5 Å². The number of hydrogen-bond donors (Lipinski definition) is 2. The largest absolute Gasteiger partial charge is 0.333 e. The van der Waals surface area contributed by atoms with Crippen molar-refractivity contribution in [3.63, 3.8) is 0 Å². The highest BCUT2D eigenvalue weighted by Gasteiger charge is 2.23. The van der Waals surface area contributed by atoms with E-state index >= 15 is 0 Å². The smallest absolute Gasteiger partial charge is 0.317 e. The van der Waals surface area contributed by atoms with E-state index in [4.69, 9.17) is 0 Å². The summed E-state index contributed by atoms with van der Waals surface area (Å²) in [6.07, 6.45) is 3.30. The second kappa shape index (κ2) is 5.53. The fourth-order valence-corrected chi connectivity index (χ4v) is 1.96. The summed E-state index contributed by atoms with van der Waals surface area (Å²) >= 11 is 0. The molecule has 1 saturated heterocycles. The molecular formula is C12H25N3O. The maximum absolute atomic E-state index is 12.0. The average molecular weight is 227 g/mol. The third-order valence-electron chi connectivity index (χ3n) is 2.90. The fraction of sp³-hybridized carbons (Fsp3) is 0.917. The summed E-state index contributed by atoms with van der Waals surface area (Å²) in [6, 6.07) is 0.414. The lowest BCUT2D eigenvalue weighted by Gasteiger charge is -2.31. The lowest BCUT2D eigenvalue weighted by atomic mass is 10.1. The second-order valence-electron chi connectivity index (χ2n) is 5.63. The van der Waals surface area contributed by atoms with Gasteiger partial charge in [0.1, 0.15) is 0 Å². The Balaban J connectivity index is 2.48.